The van der Waals surface area contributed by atoms with Crippen molar-refractivity contribution in [1.29, 1.82) is 0 Å². The van der Waals surface area contributed by atoms with Crippen LogP contribution in [0.4, 0.5) is 5.69 Å². The first kappa shape index (κ1) is 33.4. The zero-order valence-electron chi connectivity index (χ0n) is 27.7. The summed E-state index contributed by atoms with van der Waals surface area (Å²) in [4.78, 5) is 6.67. The van der Waals surface area contributed by atoms with Crippen LogP contribution in [0.1, 0.15) is 82.6 Å². The second-order valence-electron chi connectivity index (χ2n) is 12.8. The average Bonchev–Trinajstić information content (AvgIpc) is 3.79. The molecule has 0 fully saturated rings. The molecule has 46 heavy (non-hydrogen) atoms. The van der Waals surface area contributed by atoms with Gasteiger partial charge in [-0.05, 0) is 53.0 Å². The third-order valence-electron chi connectivity index (χ3n) is 8.84. The van der Waals surface area contributed by atoms with Crippen molar-refractivity contribution in [2.45, 2.75) is 65.7 Å². The van der Waals surface area contributed by atoms with Crippen LogP contribution in [0.5, 0.6) is 0 Å². The standard InChI is InChI=1S/C21H23N2.C19H19N3.Ir/c1-15(2)18-11-8-12-19(16(3)4)20(18)23-14-13-22-21(23)17-9-6-5-7-10-17;1-4-21-12-20-22(13-21)17-11-7-9-15-14-8-5-6-10-16(14)19(2,3)18(15)17;/h5-9,11-16H,1-4H3;5-10,12-13H,4H2,1-3H3;/q-1;-2;+3. The van der Waals surface area contributed by atoms with Gasteiger partial charge in [-0.2, -0.15) is 23.3 Å². The number of hydrogen-bond acceptors (Lipinski definition) is 4. The second-order valence-corrected chi connectivity index (χ2v) is 12.8. The van der Waals surface area contributed by atoms with Crippen LogP contribution in [-0.4, -0.2) is 27.3 Å². The van der Waals surface area contributed by atoms with Crippen LogP contribution >= 0.6 is 0 Å². The van der Waals surface area contributed by atoms with E-state index in [9.17, 15) is 0 Å². The average molecular weight is 785 g/mol. The molecule has 236 valence electrons. The molecule has 0 N–H and O–H groups in total. The Balaban J connectivity index is 0.000000177. The number of hydrazone groups is 1. The molecule has 0 spiro atoms. The molecule has 0 unspecified atom stereocenters. The minimum Gasteiger partial charge on any atom is -0.491 e. The van der Waals surface area contributed by atoms with E-state index in [2.05, 4.69) is 141 Å². The Kier molecular flexibility index (Phi) is 10.0. The van der Waals surface area contributed by atoms with Crippen LogP contribution in [-0.2, 0) is 25.5 Å². The minimum absolute atomic E-state index is 0. The van der Waals surface area contributed by atoms with Gasteiger partial charge in [0.15, 0.2) is 0 Å². The summed E-state index contributed by atoms with van der Waals surface area (Å²) in [7, 11) is 0. The van der Waals surface area contributed by atoms with Gasteiger partial charge in [0.1, 0.15) is 0 Å². The van der Waals surface area contributed by atoms with Crippen molar-refractivity contribution in [2.24, 2.45) is 5.10 Å². The van der Waals surface area contributed by atoms with Gasteiger partial charge in [0.05, 0.1) is 12.2 Å². The van der Waals surface area contributed by atoms with Crippen LogP contribution in [0.2, 0.25) is 0 Å². The van der Waals surface area contributed by atoms with Gasteiger partial charge < -0.3 is 14.5 Å². The van der Waals surface area contributed by atoms with Crippen molar-refractivity contribution in [1.82, 2.24) is 14.5 Å². The summed E-state index contributed by atoms with van der Waals surface area (Å²) in [5.41, 5.74) is 11.3. The molecule has 1 aliphatic carbocycles. The van der Waals surface area contributed by atoms with Crippen LogP contribution in [0.15, 0.2) is 96.4 Å². The normalized spacial score (nSPS) is 14.2. The molecule has 5 aromatic rings. The fourth-order valence-corrected chi connectivity index (χ4v) is 6.53. The Bertz CT molecular complexity index is 1790. The van der Waals surface area contributed by atoms with Crippen molar-refractivity contribution >= 4 is 12.0 Å². The molecule has 2 aliphatic rings. The molecule has 0 amide bonds. The quantitative estimate of drug-likeness (QED) is 0.161. The van der Waals surface area contributed by atoms with Crippen LogP contribution in [0, 0.1) is 18.8 Å². The van der Waals surface area contributed by atoms with Crippen molar-refractivity contribution in [3.8, 4) is 28.2 Å². The zero-order chi connectivity index (χ0) is 31.7. The number of anilines is 1. The Morgan fingerprint density at radius 3 is 2.20 bits per heavy atom. The van der Waals surface area contributed by atoms with E-state index in [-0.39, 0.29) is 25.5 Å². The number of rotatable bonds is 6. The first-order valence-corrected chi connectivity index (χ1v) is 15.9. The van der Waals surface area contributed by atoms with Crippen molar-refractivity contribution in [3.63, 3.8) is 0 Å². The number of fused-ring (bicyclic) bond motifs is 3. The van der Waals surface area contributed by atoms with Gasteiger partial charge >= 0.3 is 20.1 Å². The summed E-state index contributed by atoms with van der Waals surface area (Å²) in [5, 5.41) is 6.45. The maximum Gasteiger partial charge on any atom is 3.00 e. The first-order chi connectivity index (χ1) is 21.7. The molecule has 0 saturated carbocycles. The van der Waals surface area contributed by atoms with Gasteiger partial charge in [-0.15, -0.1) is 53.7 Å². The third-order valence-corrected chi connectivity index (χ3v) is 8.84. The van der Waals surface area contributed by atoms with E-state index in [4.69, 9.17) is 0 Å². The van der Waals surface area contributed by atoms with Crippen molar-refractivity contribution < 1.29 is 20.1 Å². The van der Waals surface area contributed by atoms with E-state index >= 15 is 0 Å². The Labute approximate surface area is 288 Å². The molecule has 0 atom stereocenters. The van der Waals surface area contributed by atoms with Crippen LogP contribution < -0.4 is 5.01 Å². The monoisotopic (exact) mass is 785 g/mol. The summed E-state index contributed by atoms with van der Waals surface area (Å²) >= 11 is 0. The fourth-order valence-electron chi connectivity index (χ4n) is 6.53. The predicted molar refractivity (Wildman–Crippen MR) is 187 cm³/mol. The maximum absolute atomic E-state index is 4.60. The van der Waals surface area contributed by atoms with Crippen LogP contribution in [0.25, 0.3) is 28.2 Å². The van der Waals surface area contributed by atoms with Gasteiger partial charge in [0, 0.05) is 18.1 Å². The number of nitrogens with zero attached hydrogens (tertiary/aromatic N) is 5. The third kappa shape index (κ3) is 6.09. The molecule has 7 rings (SSSR count). The van der Waals surface area contributed by atoms with E-state index in [1.165, 1.54) is 39.1 Å². The van der Waals surface area contributed by atoms with Crippen molar-refractivity contribution in [3.05, 3.63) is 132 Å². The summed E-state index contributed by atoms with van der Waals surface area (Å²) in [6.07, 6.45) is 5.79. The molecule has 1 aromatic heterocycles. The summed E-state index contributed by atoms with van der Waals surface area (Å²) in [6.45, 7) is 18.6. The molecule has 2 heterocycles. The molecule has 0 radical (unpaired) electrons. The first-order valence-electron chi connectivity index (χ1n) is 15.9. The predicted octanol–water partition coefficient (Wildman–Crippen LogP) is 9.58. The van der Waals surface area contributed by atoms with Crippen molar-refractivity contribution in [2.75, 3.05) is 11.6 Å². The SMILES string of the molecule is CC(C)c1cccc(C(C)C)c1-n1ccnc1-c1[c-]cccc1.CCN1C=NN(c2[c-]ccc3c2C(C)(C)c2ccccc2-3)[CH-]1.[Ir+3]. The molecule has 5 nitrogen and oxygen atoms in total. The molecule has 0 saturated heterocycles. The van der Waals surface area contributed by atoms with Gasteiger partial charge in [0.2, 0.25) is 0 Å². The largest absolute Gasteiger partial charge is 3.00 e. The van der Waals surface area contributed by atoms with E-state index in [1.54, 1.807) is 0 Å². The molecule has 1 aliphatic heterocycles. The number of aromatic nitrogens is 2. The van der Waals surface area contributed by atoms with Gasteiger partial charge in [-0.3, -0.25) is 4.98 Å². The summed E-state index contributed by atoms with van der Waals surface area (Å²) < 4.78 is 2.22. The van der Waals surface area contributed by atoms with E-state index in [0.717, 1.165) is 23.6 Å². The Morgan fingerprint density at radius 2 is 1.54 bits per heavy atom. The zero-order valence-corrected chi connectivity index (χ0v) is 30.1. The van der Waals surface area contributed by atoms with Gasteiger partial charge in [0.25, 0.3) is 0 Å². The fraction of sp³-hybridized carbons (Fsp3) is 0.275. The number of benzene rings is 4. The van der Waals surface area contributed by atoms with E-state index in [0.29, 0.717) is 11.8 Å². The van der Waals surface area contributed by atoms with Gasteiger partial charge in [-0.1, -0.05) is 89.7 Å². The molecular formula is C40H42IrN5. The smallest absolute Gasteiger partial charge is 0.491 e. The summed E-state index contributed by atoms with van der Waals surface area (Å²) in [6, 6.07) is 34.2. The Hall–Kier alpha value is -3.99. The molecule has 0 bridgehead atoms. The molecule has 6 heteroatoms. The second kappa shape index (κ2) is 13.8. The molecular weight excluding hydrogens is 743 g/mol. The van der Waals surface area contributed by atoms with E-state index in [1.807, 2.05) is 48.5 Å². The van der Waals surface area contributed by atoms with E-state index < -0.39 is 0 Å². The van der Waals surface area contributed by atoms with Gasteiger partial charge in [-0.25, -0.2) is 0 Å². The maximum atomic E-state index is 4.60. The topological polar surface area (TPSA) is 36.7 Å². The number of para-hydroxylation sites is 1. The number of imidazole rings is 1. The Morgan fingerprint density at radius 1 is 0.826 bits per heavy atom. The summed E-state index contributed by atoms with van der Waals surface area (Å²) in [5.74, 6) is 1.86. The van der Waals surface area contributed by atoms with Crippen LogP contribution in [0.3, 0.4) is 0 Å². The number of hydrogen-bond donors (Lipinski definition) is 0. The minimum atomic E-state index is -0.0397. The molecule has 4 aromatic carbocycles.